The molecule has 29 heavy (non-hydrogen) atoms. The zero-order valence-electron chi connectivity index (χ0n) is 14.7. The van der Waals surface area contributed by atoms with E-state index in [1.165, 1.54) is 24.3 Å². The second-order valence-electron chi connectivity index (χ2n) is 5.87. The SMILES string of the molecule is O=C(COC(=O)c1ccc(COCC(F)(F)F)cc1)Nc1cccc2nsnc12. The highest BCUT2D eigenvalue weighted by Crippen LogP contribution is 2.21. The van der Waals surface area contributed by atoms with Gasteiger partial charge in [-0.15, -0.1) is 0 Å². The molecule has 3 rings (SSSR count). The maximum absolute atomic E-state index is 12.1. The Kier molecular flexibility index (Phi) is 6.39. The van der Waals surface area contributed by atoms with Crippen molar-refractivity contribution in [2.45, 2.75) is 12.8 Å². The number of benzene rings is 2. The first-order valence-electron chi connectivity index (χ1n) is 8.23. The molecule has 0 atom stereocenters. The number of rotatable bonds is 7. The molecule has 1 aromatic heterocycles. The van der Waals surface area contributed by atoms with Crippen LogP contribution < -0.4 is 5.32 Å². The van der Waals surface area contributed by atoms with Gasteiger partial charge in [-0.1, -0.05) is 18.2 Å². The normalized spacial score (nSPS) is 11.4. The van der Waals surface area contributed by atoms with Gasteiger partial charge in [-0.25, -0.2) is 4.79 Å². The van der Waals surface area contributed by atoms with Gasteiger partial charge in [0, 0.05) is 0 Å². The summed E-state index contributed by atoms with van der Waals surface area (Å²) in [5.74, 6) is -1.28. The van der Waals surface area contributed by atoms with Crippen molar-refractivity contribution in [2.75, 3.05) is 18.5 Å². The fourth-order valence-corrected chi connectivity index (χ4v) is 2.88. The number of amides is 1. The van der Waals surface area contributed by atoms with Crippen molar-refractivity contribution >= 4 is 40.3 Å². The maximum Gasteiger partial charge on any atom is 0.411 e. The lowest BCUT2D eigenvalue weighted by molar-refractivity contribution is -0.176. The first-order chi connectivity index (χ1) is 13.8. The zero-order valence-corrected chi connectivity index (χ0v) is 15.5. The van der Waals surface area contributed by atoms with Crippen LogP contribution in [0.5, 0.6) is 0 Å². The number of nitrogens with zero attached hydrogens (tertiary/aromatic N) is 2. The van der Waals surface area contributed by atoms with Gasteiger partial charge in [0.15, 0.2) is 6.61 Å². The van der Waals surface area contributed by atoms with E-state index >= 15 is 0 Å². The predicted octanol–water partition coefficient (Wildman–Crippen LogP) is 3.57. The Hall–Kier alpha value is -3.05. The molecule has 2 aromatic carbocycles. The van der Waals surface area contributed by atoms with Gasteiger partial charge in [0.2, 0.25) is 0 Å². The van der Waals surface area contributed by atoms with Gasteiger partial charge in [-0.05, 0) is 29.8 Å². The van der Waals surface area contributed by atoms with E-state index in [1.54, 1.807) is 18.2 Å². The molecule has 0 radical (unpaired) electrons. The van der Waals surface area contributed by atoms with Crippen LogP contribution in [0.4, 0.5) is 18.9 Å². The second-order valence-corrected chi connectivity index (χ2v) is 6.40. The van der Waals surface area contributed by atoms with Crippen LogP contribution in [0.25, 0.3) is 11.0 Å². The van der Waals surface area contributed by atoms with Crippen LogP contribution in [0.2, 0.25) is 0 Å². The Bertz CT molecular complexity index is 1010. The van der Waals surface area contributed by atoms with E-state index in [9.17, 15) is 22.8 Å². The summed E-state index contributed by atoms with van der Waals surface area (Å²) in [6, 6.07) is 10.8. The number of ether oxygens (including phenoxy) is 2. The highest BCUT2D eigenvalue weighted by atomic mass is 32.1. The first-order valence-corrected chi connectivity index (χ1v) is 8.96. The number of halogens is 3. The third-order valence-corrected chi connectivity index (χ3v) is 4.16. The van der Waals surface area contributed by atoms with Crippen molar-refractivity contribution in [3.8, 4) is 0 Å². The summed E-state index contributed by atoms with van der Waals surface area (Å²) in [6.45, 7) is -2.10. The predicted molar refractivity (Wildman–Crippen MR) is 98.5 cm³/mol. The molecule has 0 bridgehead atoms. The summed E-state index contributed by atoms with van der Waals surface area (Å²) in [5, 5.41) is 2.60. The largest absolute Gasteiger partial charge is 0.452 e. The van der Waals surface area contributed by atoms with E-state index in [2.05, 4.69) is 18.8 Å². The molecule has 0 aliphatic rings. The fourth-order valence-electron chi connectivity index (χ4n) is 2.33. The Morgan fingerprint density at radius 3 is 2.55 bits per heavy atom. The van der Waals surface area contributed by atoms with Gasteiger partial charge in [-0.2, -0.15) is 21.9 Å². The molecule has 0 aliphatic heterocycles. The summed E-state index contributed by atoms with van der Waals surface area (Å²) in [6.07, 6.45) is -4.40. The molecule has 0 aliphatic carbocycles. The molecule has 1 amide bonds. The minimum absolute atomic E-state index is 0.156. The molecule has 0 saturated carbocycles. The summed E-state index contributed by atoms with van der Waals surface area (Å²) in [5.41, 5.74) is 2.27. The van der Waals surface area contributed by atoms with E-state index < -0.39 is 31.3 Å². The van der Waals surface area contributed by atoms with Gasteiger partial charge in [0.25, 0.3) is 5.91 Å². The molecule has 1 heterocycles. The molecule has 7 nitrogen and oxygen atoms in total. The van der Waals surface area contributed by atoms with Gasteiger partial charge in [-0.3, -0.25) is 4.79 Å². The number of hydrogen-bond donors (Lipinski definition) is 1. The monoisotopic (exact) mass is 425 g/mol. The average molecular weight is 425 g/mol. The van der Waals surface area contributed by atoms with Gasteiger partial charge in [0.1, 0.15) is 17.6 Å². The minimum Gasteiger partial charge on any atom is -0.452 e. The Labute approximate surface area is 166 Å². The summed E-state index contributed by atoms with van der Waals surface area (Å²) >= 11 is 1.02. The third-order valence-electron chi connectivity index (χ3n) is 3.62. The summed E-state index contributed by atoms with van der Waals surface area (Å²) in [7, 11) is 0. The van der Waals surface area contributed by atoms with Crippen LogP contribution in [-0.4, -0.2) is 40.0 Å². The molecule has 0 saturated heterocycles. The molecule has 1 N–H and O–H groups in total. The van der Waals surface area contributed by atoms with Gasteiger partial charge < -0.3 is 14.8 Å². The molecule has 0 fully saturated rings. The van der Waals surface area contributed by atoms with E-state index in [1.807, 2.05) is 0 Å². The molecular formula is C18H14F3N3O4S. The number of carbonyl (C=O) groups excluding carboxylic acids is 2. The molecule has 3 aromatic rings. The first kappa shape index (κ1) is 20.7. The lowest BCUT2D eigenvalue weighted by Crippen LogP contribution is -2.21. The quantitative estimate of drug-likeness (QED) is 0.582. The molecule has 0 spiro atoms. The number of nitrogens with one attached hydrogen (secondary N) is 1. The zero-order chi connectivity index (χ0) is 20.9. The topological polar surface area (TPSA) is 90.4 Å². The third kappa shape index (κ3) is 5.96. The van der Waals surface area contributed by atoms with E-state index in [0.717, 1.165) is 11.7 Å². The van der Waals surface area contributed by atoms with E-state index in [0.29, 0.717) is 22.3 Å². The van der Waals surface area contributed by atoms with Crippen molar-refractivity contribution in [1.29, 1.82) is 0 Å². The van der Waals surface area contributed by atoms with Crippen LogP contribution in [0, 0.1) is 0 Å². The van der Waals surface area contributed by atoms with Crippen molar-refractivity contribution in [2.24, 2.45) is 0 Å². The molecule has 11 heteroatoms. The maximum atomic E-state index is 12.1. The molecule has 152 valence electrons. The Balaban J connectivity index is 1.48. The van der Waals surface area contributed by atoms with Gasteiger partial charge in [0.05, 0.1) is 29.6 Å². The minimum atomic E-state index is -4.40. The lowest BCUT2D eigenvalue weighted by atomic mass is 10.1. The number of anilines is 1. The number of carbonyl (C=O) groups is 2. The number of hydrogen-bond acceptors (Lipinski definition) is 7. The molecular weight excluding hydrogens is 411 g/mol. The standard InChI is InChI=1S/C18H14F3N3O4S/c19-18(20,21)10-27-8-11-4-6-12(7-5-11)17(26)28-9-15(25)22-13-2-1-3-14-16(13)24-29-23-14/h1-7H,8-10H2,(H,22,25). The van der Waals surface area contributed by atoms with Crippen LogP contribution in [0.15, 0.2) is 42.5 Å². The number of fused-ring (bicyclic) bond motifs is 1. The fraction of sp³-hybridized carbons (Fsp3) is 0.222. The highest BCUT2D eigenvalue weighted by molar-refractivity contribution is 7.00. The Morgan fingerprint density at radius 2 is 1.83 bits per heavy atom. The smallest absolute Gasteiger partial charge is 0.411 e. The van der Waals surface area contributed by atoms with Crippen molar-refractivity contribution in [1.82, 2.24) is 8.75 Å². The van der Waals surface area contributed by atoms with Crippen molar-refractivity contribution in [3.05, 3.63) is 53.6 Å². The van der Waals surface area contributed by atoms with E-state index in [-0.39, 0.29) is 12.2 Å². The van der Waals surface area contributed by atoms with Gasteiger partial charge >= 0.3 is 12.1 Å². The lowest BCUT2D eigenvalue weighted by Gasteiger charge is -2.09. The number of alkyl halides is 3. The van der Waals surface area contributed by atoms with Crippen molar-refractivity contribution < 1.29 is 32.2 Å². The van der Waals surface area contributed by atoms with Crippen LogP contribution in [-0.2, 0) is 20.9 Å². The summed E-state index contributed by atoms with van der Waals surface area (Å²) in [4.78, 5) is 24.1. The summed E-state index contributed by atoms with van der Waals surface area (Å²) < 4.78 is 53.8. The Morgan fingerprint density at radius 1 is 1.07 bits per heavy atom. The van der Waals surface area contributed by atoms with Crippen LogP contribution in [0.3, 0.4) is 0 Å². The second kappa shape index (κ2) is 8.97. The number of aromatic nitrogens is 2. The van der Waals surface area contributed by atoms with E-state index in [4.69, 9.17) is 4.74 Å². The molecule has 0 unspecified atom stereocenters. The van der Waals surface area contributed by atoms with Crippen LogP contribution >= 0.6 is 11.7 Å². The van der Waals surface area contributed by atoms with Crippen molar-refractivity contribution in [3.63, 3.8) is 0 Å². The van der Waals surface area contributed by atoms with Crippen LogP contribution in [0.1, 0.15) is 15.9 Å². The average Bonchev–Trinajstić information content (AvgIpc) is 3.15. The highest BCUT2D eigenvalue weighted by Gasteiger charge is 2.27. The number of esters is 1.